The third kappa shape index (κ3) is 6.13. The number of halogens is 1. The summed E-state index contributed by atoms with van der Waals surface area (Å²) >= 11 is 9.27. The van der Waals surface area contributed by atoms with Crippen LogP contribution in [0.15, 0.2) is 111 Å². The SMILES string of the molecule is Clc1ccc(N=C(C=CSc2ccccc2)Sc2ccccc2)cc1. The summed E-state index contributed by atoms with van der Waals surface area (Å²) in [6.45, 7) is 0. The second-order valence-corrected chi connectivity index (χ2v) is 7.58. The summed E-state index contributed by atoms with van der Waals surface area (Å²) in [5, 5.41) is 3.71. The van der Waals surface area contributed by atoms with E-state index in [0.717, 1.165) is 15.6 Å². The standard InChI is InChI=1S/C21H16ClNS2/c22-17-11-13-18(14-12-17)23-21(25-20-9-5-2-6-10-20)15-16-24-19-7-3-1-4-8-19/h1-16H. The topological polar surface area (TPSA) is 12.4 Å². The Labute approximate surface area is 161 Å². The summed E-state index contributed by atoms with van der Waals surface area (Å²) in [6.07, 6.45) is 2.05. The molecule has 3 aromatic rings. The van der Waals surface area contributed by atoms with Gasteiger partial charge in [0.25, 0.3) is 0 Å². The molecule has 0 atom stereocenters. The van der Waals surface area contributed by atoms with E-state index in [9.17, 15) is 0 Å². The molecule has 3 rings (SSSR count). The molecule has 0 unspecified atom stereocenters. The Morgan fingerprint density at radius 3 is 2.00 bits per heavy atom. The molecule has 0 aromatic heterocycles. The molecule has 0 radical (unpaired) electrons. The van der Waals surface area contributed by atoms with E-state index in [1.807, 2.05) is 66.7 Å². The lowest BCUT2D eigenvalue weighted by molar-refractivity contribution is 1.47. The largest absolute Gasteiger partial charge is 0.242 e. The number of rotatable bonds is 5. The van der Waals surface area contributed by atoms with Gasteiger partial charge in [0.05, 0.1) is 5.69 Å². The molecule has 3 aromatic carbocycles. The van der Waals surface area contributed by atoms with Gasteiger partial charge in [0.1, 0.15) is 5.04 Å². The van der Waals surface area contributed by atoms with Crippen molar-refractivity contribution in [1.29, 1.82) is 0 Å². The van der Waals surface area contributed by atoms with E-state index >= 15 is 0 Å². The highest BCUT2D eigenvalue weighted by molar-refractivity contribution is 8.14. The molecule has 0 fully saturated rings. The third-order valence-electron chi connectivity index (χ3n) is 3.19. The van der Waals surface area contributed by atoms with Gasteiger partial charge < -0.3 is 0 Å². The molecule has 4 heteroatoms. The van der Waals surface area contributed by atoms with Crippen LogP contribution in [0.4, 0.5) is 5.69 Å². The maximum atomic E-state index is 5.96. The van der Waals surface area contributed by atoms with Crippen LogP contribution in [-0.4, -0.2) is 5.04 Å². The fourth-order valence-electron chi connectivity index (χ4n) is 2.02. The van der Waals surface area contributed by atoms with Crippen LogP contribution in [0, 0.1) is 0 Å². The van der Waals surface area contributed by atoms with Gasteiger partial charge in [-0.25, -0.2) is 4.99 Å². The summed E-state index contributed by atoms with van der Waals surface area (Å²) in [5.74, 6) is 0. The molecule has 0 amide bonds. The van der Waals surface area contributed by atoms with E-state index in [1.165, 1.54) is 4.90 Å². The van der Waals surface area contributed by atoms with Crippen LogP contribution in [0.2, 0.25) is 5.02 Å². The van der Waals surface area contributed by atoms with Gasteiger partial charge >= 0.3 is 0 Å². The lowest BCUT2D eigenvalue weighted by atomic mass is 10.3. The van der Waals surface area contributed by atoms with Gasteiger partial charge in [0.2, 0.25) is 0 Å². The van der Waals surface area contributed by atoms with Crippen LogP contribution in [-0.2, 0) is 0 Å². The molecule has 25 heavy (non-hydrogen) atoms. The molecule has 0 bridgehead atoms. The first kappa shape index (κ1) is 17.9. The van der Waals surface area contributed by atoms with Crippen molar-refractivity contribution in [3.63, 3.8) is 0 Å². The zero-order chi connectivity index (χ0) is 17.3. The minimum absolute atomic E-state index is 0.714. The third-order valence-corrected chi connectivity index (χ3v) is 5.20. The predicted molar refractivity (Wildman–Crippen MR) is 112 cm³/mol. The Kier molecular flexibility index (Phi) is 6.80. The summed E-state index contributed by atoms with van der Waals surface area (Å²) < 4.78 is 0. The van der Waals surface area contributed by atoms with Crippen molar-refractivity contribution < 1.29 is 0 Å². The first-order valence-corrected chi connectivity index (χ1v) is 9.82. The molecule has 0 aliphatic heterocycles. The fraction of sp³-hybridized carbons (Fsp3) is 0. The maximum Gasteiger partial charge on any atom is 0.102 e. The maximum absolute atomic E-state index is 5.96. The lowest BCUT2D eigenvalue weighted by Crippen LogP contribution is -1.86. The molecule has 0 aliphatic rings. The van der Waals surface area contributed by atoms with Crippen molar-refractivity contribution in [2.24, 2.45) is 4.99 Å². The van der Waals surface area contributed by atoms with Crippen LogP contribution in [0.3, 0.4) is 0 Å². The Morgan fingerprint density at radius 2 is 1.36 bits per heavy atom. The molecule has 0 heterocycles. The monoisotopic (exact) mass is 381 g/mol. The van der Waals surface area contributed by atoms with Crippen molar-refractivity contribution in [3.05, 3.63) is 101 Å². The number of thioether (sulfide) groups is 2. The van der Waals surface area contributed by atoms with E-state index < -0.39 is 0 Å². The quantitative estimate of drug-likeness (QED) is 0.258. The Balaban J connectivity index is 1.79. The smallest absolute Gasteiger partial charge is 0.102 e. The van der Waals surface area contributed by atoms with Crippen LogP contribution < -0.4 is 0 Å². The van der Waals surface area contributed by atoms with E-state index in [0.29, 0.717) is 5.02 Å². The summed E-state index contributed by atoms with van der Waals surface area (Å²) in [7, 11) is 0. The van der Waals surface area contributed by atoms with Gasteiger partial charge in [-0.3, -0.25) is 0 Å². The minimum atomic E-state index is 0.714. The number of aliphatic imine (C=N–C) groups is 1. The van der Waals surface area contributed by atoms with Crippen LogP contribution >= 0.6 is 35.1 Å². The molecule has 1 nitrogen and oxygen atoms in total. The Hall–Kier alpha value is -1.94. The number of hydrogen-bond donors (Lipinski definition) is 0. The van der Waals surface area contributed by atoms with Gasteiger partial charge in [-0.05, 0) is 60.0 Å². The molecular weight excluding hydrogens is 366 g/mol. The van der Waals surface area contributed by atoms with Crippen molar-refractivity contribution in [2.45, 2.75) is 9.79 Å². The van der Waals surface area contributed by atoms with Gasteiger partial charge in [-0.15, -0.1) is 0 Å². The minimum Gasteiger partial charge on any atom is -0.242 e. The van der Waals surface area contributed by atoms with E-state index in [1.54, 1.807) is 23.5 Å². The van der Waals surface area contributed by atoms with Gasteiger partial charge in [0.15, 0.2) is 0 Å². The van der Waals surface area contributed by atoms with Crippen molar-refractivity contribution >= 4 is 45.9 Å². The van der Waals surface area contributed by atoms with Crippen molar-refractivity contribution in [3.8, 4) is 0 Å². The normalized spacial score (nSPS) is 11.8. The highest BCUT2D eigenvalue weighted by Crippen LogP contribution is 2.26. The second-order valence-electron chi connectivity index (χ2n) is 5.08. The van der Waals surface area contributed by atoms with Crippen LogP contribution in [0.1, 0.15) is 0 Å². The molecular formula is C21H16ClNS2. The first-order valence-electron chi connectivity index (χ1n) is 7.75. The molecule has 124 valence electrons. The average Bonchev–Trinajstić information content (AvgIpc) is 2.65. The second kappa shape index (κ2) is 9.52. The predicted octanol–water partition coefficient (Wildman–Crippen LogP) is 7.47. The summed E-state index contributed by atoms with van der Waals surface area (Å²) in [6, 6.07) is 28.1. The highest BCUT2D eigenvalue weighted by atomic mass is 35.5. The zero-order valence-electron chi connectivity index (χ0n) is 13.4. The van der Waals surface area contributed by atoms with Crippen LogP contribution in [0.5, 0.6) is 0 Å². The lowest BCUT2D eigenvalue weighted by Gasteiger charge is -2.03. The highest BCUT2D eigenvalue weighted by Gasteiger charge is 2.01. The van der Waals surface area contributed by atoms with Crippen molar-refractivity contribution in [2.75, 3.05) is 0 Å². The number of hydrogen-bond acceptors (Lipinski definition) is 3. The van der Waals surface area contributed by atoms with Gasteiger partial charge in [-0.2, -0.15) is 0 Å². The van der Waals surface area contributed by atoms with Crippen LogP contribution in [0.25, 0.3) is 0 Å². The summed E-state index contributed by atoms with van der Waals surface area (Å²) in [4.78, 5) is 7.11. The molecule has 0 saturated carbocycles. The fourth-order valence-corrected chi connectivity index (χ4v) is 3.72. The zero-order valence-corrected chi connectivity index (χ0v) is 15.8. The molecule has 0 N–H and O–H groups in total. The summed E-state index contributed by atoms with van der Waals surface area (Å²) in [5.41, 5.74) is 0.886. The average molecular weight is 382 g/mol. The number of benzene rings is 3. The molecule has 0 aliphatic carbocycles. The van der Waals surface area contributed by atoms with E-state index in [4.69, 9.17) is 16.6 Å². The first-order chi connectivity index (χ1) is 12.3. The Morgan fingerprint density at radius 1 is 0.760 bits per heavy atom. The van der Waals surface area contributed by atoms with Gasteiger partial charge in [0, 0.05) is 14.8 Å². The molecule has 0 spiro atoms. The van der Waals surface area contributed by atoms with E-state index in [-0.39, 0.29) is 0 Å². The van der Waals surface area contributed by atoms with E-state index in [2.05, 4.69) is 29.7 Å². The van der Waals surface area contributed by atoms with Gasteiger partial charge in [-0.1, -0.05) is 71.5 Å². The number of nitrogens with zero attached hydrogens (tertiary/aromatic N) is 1. The molecule has 0 saturated heterocycles. The van der Waals surface area contributed by atoms with Crippen molar-refractivity contribution in [1.82, 2.24) is 0 Å². The Bertz CT molecular complexity index is 844.